The van der Waals surface area contributed by atoms with Crippen LogP contribution in [0.3, 0.4) is 0 Å². The first-order valence-electron chi connectivity index (χ1n) is 8.87. The van der Waals surface area contributed by atoms with Crippen LogP contribution in [0.25, 0.3) is 6.08 Å². The number of halogens is 1. The van der Waals surface area contributed by atoms with Crippen LogP contribution < -0.4 is 9.47 Å². The summed E-state index contributed by atoms with van der Waals surface area (Å²) in [5.41, 5.74) is 1.86. The van der Waals surface area contributed by atoms with Crippen LogP contribution in [0, 0.1) is 0 Å². The quantitative estimate of drug-likeness (QED) is 0.757. The Kier molecular flexibility index (Phi) is 5.27. The lowest BCUT2D eigenvalue weighted by molar-refractivity contribution is -0.127. The number of ether oxygens (including phenoxy) is 2. The van der Waals surface area contributed by atoms with E-state index in [4.69, 9.17) is 21.1 Å². The molecule has 0 radical (unpaired) electrons. The third kappa shape index (κ3) is 4.23. The molecular weight excluding hydrogens is 366 g/mol. The van der Waals surface area contributed by atoms with Gasteiger partial charge in [0.05, 0.1) is 10.7 Å². The zero-order valence-electron chi connectivity index (χ0n) is 14.8. The van der Waals surface area contributed by atoms with Crippen LogP contribution in [0.2, 0.25) is 5.02 Å². The second kappa shape index (κ2) is 7.98. The number of carbonyl (C=O) groups excluding carboxylic acids is 1. The maximum absolute atomic E-state index is 12.5. The van der Waals surface area contributed by atoms with Gasteiger partial charge >= 0.3 is 0 Å². The summed E-state index contributed by atoms with van der Waals surface area (Å²) in [5, 5.41) is 0.486. The summed E-state index contributed by atoms with van der Waals surface area (Å²) in [6, 6.07) is 9.53. The van der Waals surface area contributed by atoms with Crippen molar-refractivity contribution in [2.24, 2.45) is 0 Å². The van der Waals surface area contributed by atoms with Crippen LogP contribution in [0.5, 0.6) is 11.5 Å². The Balaban J connectivity index is 1.32. The highest BCUT2D eigenvalue weighted by Gasteiger charge is 2.20. The van der Waals surface area contributed by atoms with Gasteiger partial charge in [0.2, 0.25) is 12.7 Å². The molecule has 27 heavy (non-hydrogen) atoms. The van der Waals surface area contributed by atoms with Crippen LogP contribution in [-0.2, 0) is 11.3 Å². The van der Waals surface area contributed by atoms with Gasteiger partial charge in [-0.1, -0.05) is 17.7 Å². The van der Waals surface area contributed by atoms with Crippen molar-refractivity contribution in [3.63, 3.8) is 0 Å². The van der Waals surface area contributed by atoms with E-state index in [0.29, 0.717) is 29.6 Å². The maximum Gasteiger partial charge on any atom is 0.246 e. The summed E-state index contributed by atoms with van der Waals surface area (Å²) in [5.74, 6) is 1.17. The number of hydrogen-bond donors (Lipinski definition) is 0. The highest BCUT2D eigenvalue weighted by molar-refractivity contribution is 6.32. The fraction of sp³-hybridized carbons (Fsp3) is 0.300. The molecule has 1 saturated heterocycles. The molecule has 1 aromatic carbocycles. The summed E-state index contributed by atoms with van der Waals surface area (Å²) in [4.78, 5) is 21.0. The molecule has 3 heterocycles. The number of carbonyl (C=O) groups is 1. The van der Waals surface area contributed by atoms with Gasteiger partial charge in [-0.15, -0.1) is 0 Å². The van der Waals surface area contributed by atoms with Gasteiger partial charge in [0, 0.05) is 45.0 Å². The van der Waals surface area contributed by atoms with Crippen molar-refractivity contribution in [1.82, 2.24) is 14.8 Å². The first-order valence-corrected chi connectivity index (χ1v) is 9.25. The fourth-order valence-electron chi connectivity index (χ4n) is 3.20. The Morgan fingerprint density at radius 3 is 2.81 bits per heavy atom. The predicted molar refractivity (Wildman–Crippen MR) is 103 cm³/mol. The average Bonchev–Trinajstić information content (AvgIpc) is 3.17. The summed E-state index contributed by atoms with van der Waals surface area (Å²) in [7, 11) is 0. The van der Waals surface area contributed by atoms with Crippen molar-refractivity contribution in [3.8, 4) is 11.5 Å². The number of fused-ring (bicyclic) bond motifs is 1. The third-order valence-corrected chi connectivity index (χ3v) is 4.94. The molecule has 2 aliphatic heterocycles. The standard InChI is InChI=1S/C20H20ClN3O3/c21-17-11-15(12-18-20(17)27-14-26-18)4-5-19(25)24-9-7-23(8-10-24)13-16-3-1-2-6-22-16/h1-6,11-12H,7-10,13-14H2/b5-4+. The number of nitrogens with zero attached hydrogens (tertiary/aromatic N) is 3. The Bertz CT molecular complexity index is 849. The molecule has 1 aromatic heterocycles. The highest BCUT2D eigenvalue weighted by atomic mass is 35.5. The van der Waals surface area contributed by atoms with Crippen molar-refractivity contribution in [2.45, 2.75) is 6.54 Å². The van der Waals surface area contributed by atoms with Crippen molar-refractivity contribution in [2.75, 3.05) is 33.0 Å². The second-order valence-corrected chi connectivity index (χ2v) is 6.90. The molecule has 0 N–H and O–H groups in total. The van der Waals surface area contributed by atoms with Crippen LogP contribution in [0.1, 0.15) is 11.3 Å². The van der Waals surface area contributed by atoms with Crippen molar-refractivity contribution in [1.29, 1.82) is 0 Å². The van der Waals surface area contributed by atoms with E-state index in [9.17, 15) is 4.79 Å². The number of rotatable bonds is 4. The van der Waals surface area contributed by atoms with E-state index >= 15 is 0 Å². The Labute approximate surface area is 163 Å². The van der Waals surface area contributed by atoms with E-state index in [1.807, 2.05) is 35.4 Å². The molecule has 6 nitrogen and oxygen atoms in total. The number of piperazine rings is 1. The van der Waals surface area contributed by atoms with Gasteiger partial charge in [-0.3, -0.25) is 14.7 Å². The smallest absolute Gasteiger partial charge is 0.246 e. The maximum atomic E-state index is 12.5. The van der Waals surface area contributed by atoms with E-state index < -0.39 is 0 Å². The van der Waals surface area contributed by atoms with E-state index in [1.54, 1.807) is 18.2 Å². The molecule has 4 rings (SSSR count). The molecular formula is C20H20ClN3O3. The molecule has 140 valence electrons. The molecule has 1 amide bonds. The topological polar surface area (TPSA) is 54.9 Å². The minimum Gasteiger partial charge on any atom is -0.454 e. The lowest BCUT2D eigenvalue weighted by Crippen LogP contribution is -2.47. The highest BCUT2D eigenvalue weighted by Crippen LogP contribution is 2.40. The van der Waals surface area contributed by atoms with E-state index in [2.05, 4.69) is 9.88 Å². The van der Waals surface area contributed by atoms with Gasteiger partial charge in [-0.2, -0.15) is 0 Å². The van der Waals surface area contributed by atoms with Gasteiger partial charge in [0.25, 0.3) is 0 Å². The monoisotopic (exact) mass is 385 g/mol. The van der Waals surface area contributed by atoms with Gasteiger partial charge < -0.3 is 14.4 Å². The normalized spacial score (nSPS) is 16.9. The molecule has 0 spiro atoms. The SMILES string of the molecule is O=C(/C=C/c1cc(Cl)c2c(c1)OCO2)N1CCN(Cc2ccccn2)CC1. The Morgan fingerprint density at radius 2 is 2.04 bits per heavy atom. The molecule has 0 aliphatic carbocycles. The van der Waals surface area contributed by atoms with Gasteiger partial charge in [0.15, 0.2) is 11.5 Å². The zero-order valence-corrected chi connectivity index (χ0v) is 15.6. The number of benzene rings is 1. The Hall–Kier alpha value is -2.57. The number of aromatic nitrogens is 1. The van der Waals surface area contributed by atoms with Crippen LogP contribution >= 0.6 is 11.6 Å². The average molecular weight is 386 g/mol. The summed E-state index contributed by atoms with van der Waals surface area (Å²) >= 11 is 6.18. The Morgan fingerprint density at radius 1 is 1.19 bits per heavy atom. The van der Waals surface area contributed by atoms with E-state index in [0.717, 1.165) is 30.9 Å². The second-order valence-electron chi connectivity index (χ2n) is 6.49. The van der Waals surface area contributed by atoms with Gasteiger partial charge in [0.1, 0.15) is 0 Å². The number of amides is 1. The van der Waals surface area contributed by atoms with Gasteiger partial charge in [-0.05, 0) is 35.9 Å². The molecule has 2 aromatic rings. The first kappa shape index (κ1) is 17.8. The molecule has 2 aliphatic rings. The minimum absolute atomic E-state index is 0.00118. The lowest BCUT2D eigenvalue weighted by atomic mass is 10.2. The van der Waals surface area contributed by atoms with Crippen LogP contribution in [-0.4, -0.2) is 53.7 Å². The molecule has 0 bridgehead atoms. The first-order chi connectivity index (χ1) is 13.2. The van der Waals surface area contributed by atoms with Crippen molar-refractivity contribution >= 4 is 23.6 Å². The lowest BCUT2D eigenvalue weighted by Gasteiger charge is -2.34. The molecule has 0 atom stereocenters. The van der Waals surface area contributed by atoms with E-state index in [1.165, 1.54) is 0 Å². The van der Waals surface area contributed by atoms with E-state index in [-0.39, 0.29) is 12.7 Å². The zero-order chi connectivity index (χ0) is 18.6. The molecule has 0 unspecified atom stereocenters. The summed E-state index contributed by atoms with van der Waals surface area (Å²) in [6.07, 6.45) is 5.15. The fourth-order valence-corrected chi connectivity index (χ4v) is 3.48. The van der Waals surface area contributed by atoms with Crippen molar-refractivity contribution in [3.05, 3.63) is 58.9 Å². The third-order valence-electron chi connectivity index (χ3n) is 4.66. The number of pyridine rings is 1. The van der Waals surface area contributed by atoms with Crippen LogP contribution in [0.4, 0.5) is 0 Å². The molecule has 0 saturated carbocycles. The largest absolute Gasteiger partial charge is 0.454 e. The number of hydrogen-bond acceptors (Lipinski definition) is 5. The summed E-state index contributed by atoms with van der Waals surface area (Å²) < 4.78 is 10.7. The summed E-state index contributed by atoms with van der Waals surface area (Å²) in [6.45, 7) is 4.08. The molecule has 7 heteroatoms. The van der Waals surface area contributed by atoms with Crippen LogP contribution in [0.15, 0.2) is 42.6 Å². The van der Waals surface area contributed by atoms with Crippen molar-refractivity contribution < 1.29 is 14.3 Å². The minimum atomic E-state index is 0.00118. The van der Waals surface area contributed by atoms with Gasteiger partial charge in [-0.25, -0.2) is 0 Å². The molecule has 1 fully saturated rings. The predicted octanol–water partition coefficient (Wildman–Crippen LogP) is 2.82.